The van der Waals surface area contributed by atoms with Gasteiger partial charge in [0.15, 0.2) is 11.5 Å². The van der Waals surface area contributed by atoms with Gasteiger partial charge in [-0.2, -0.15) is 0 Å². The van der Waals surface area contributed by atoms with Gasteiger partial charge >= 0.3 is 5.97 Å². The number of benzene rings is 1. The zero-order valence-electron chi connectivity index (χ0n) is 13.9. The Balaban J connectivity index is 1.79. The van der Waals surface area contributed by atoms with Gasteiger partial charge in [-0.15, -0.1) is 0 Å². The summed E-state index contributed by atoms with van der Waals surface area (Å²) in [5.41, 5.74) is 0.672. The molecule has 132 valence electrons. The minimum absolute atomic E-state index is 0.105. The molecule has 0 aliphatic carbocycles. The van der Waals surface area contributed by atoms with Crippen molar-refractivity contribution in [3.05, 3.63) is 18.2 Å². The largest absolute Gasteiger partial charge is 0.486 e. The minimum Gasteiger partial charge on any atom is -0.486 e. The molecule has 7 nitrogen and oxygen atoms in total. The van der Waals surface area contributed by atoms with Crippen LogP contribution in [0.25, 0.3) is 0 Å². The van der Waals surface area contributed by atoms with Crippen LogP contribution in [0.15, 0.2) is 18.2 Å². The first kappa shape index (κ1) is 18.1. The number of likely N-dealkylation sites (N-methyl/N-ethyl adjacent to an activating group) is 1. The van der Waals surface area contributed by atoms with Crippen LogP contribution in [0.5, 0.6) is 11.5 Å². The number of carboxylic acids is 1. The van der Waals surface area contributed by atoms with Crippen molar-refractivity contribution < 1.29 is 24.2 Å². The summed E-state index contributed by atoms with van der Waals surface area (Å²) in [4.78, 5) is 24.7. The number of rotatable bonds is 9. The number of carboxylic acid groups (broad SMARTS) is 1. The highest BCUT2D eigenvalue weighted by molar-refractivity contribution is 5.92. The van der Waals surface area contributed by atoms with Gasteiger partial charge in [0.05, 0.1) is 6.54 Å². The lowest BCUT2D eigenvalue weighted by Gasteiger charge is -2.21. The van der Waals surface area contributed by atoms with E-state index in [0.29, 0.717) is 43.4 Å². The SMILES string of the molecule is CCN(CCCCC(=O)O)CC(=O)Nc1ccc2c(c1)OCCO2. The van der Waals surface area contributed by atoms with Crippen molar-refractivity contribution >= 4 is 17.6 Å². The molecule has 0 atom stereocenters. The highest BCUT2D eigenvalue weighted by Crippen LogP contribution is 2.32. The van der Waals surface area contributed by atoms with Crippen molar-refractivity contribution in [3.8, 4) is 11.5 Å². The number of unbranched alkanes of at least 4 members (excludes halogenated alkanes) is 1. The molecular formula is C17H24N2O5. The Labute approximate surface area is 141 Å². The Hall–Kier alpha value is -2.28. The second-order valence-corrected chi connectivity index (χ2v) is 5.63. The number of nitrogens with one attached hydrogen (secondary N) is 1. The van der Waals surface area contributed by atoms with E-state index in [0.717, 1.165) is 13.0 Å². The average Bonchev–Trinajstić information content (AvgIpc) is 2.57. The summed E-state index contributed by atoms with van der Waals surface area (Å²) in [6, 6.07) is 5.33. The molecule has 0 saturated heterocycles. The summed E-state index contributed by atoms with van der Waals surface area (Å²) in [5, 5.41) is 11.5. The van der Waals surface area contributed by atoms with E-state index in [9.17, 15) is 9.59 Å². The van der Waals surface area contributed by atoms with Gasteiger partial charge in [0.25, 0.3) is 0 Å². The maximum Gasteiger partial charge on any atom is 0.303 e. The number of hydrogen-bond donors (Lipinski definition) is 2. The Kier molecular flexibility index (Phi) is 6.87. The van der Waals surface area contributed by atoms with Crippen molar-refractivity contribution in [2.24, 2.45) is 0 Å². The molecule has 0 radical (unpaired) electrons. The second kappa shape index (κ2) is 9.12. The summed E-state index contributed by atoms with van der Waals surface area (Å²) in [6.07, 6.45) is 1.55. The number of anilines is 1. The van der Waals surface area contributed by atoms with Gasteiger partial charge in [0.1, 0.15) is 13.2 Å². The zero-order valence-corrected chi connectivity index (χ0v) is 13.9. The lowest BCUT2D eigenvalue weighted by molar-refractivity contribution is -0.137. The molecule has 0 bridgehead atoms. The zero-order chi connectivity index (χ0) is 17.4. The Bertz CT molecular complexity index is 576. The average molecular weight is 336 g/mol. The number of fused-ring (bicyclic) bond motifs is 1. The molecular weight excluding hydrogens is 312 g/mol. The predicted octanol–water partition coefficient (Wildman–Crippen LogP) is 1.97. The summed E-state index contributed by atoms with van der Waals surface area (Å²) in [7, 11) is 0. The van der Waals surface area contributed by atoms with Crippen LogP contribution in [0.4, 0.5) is 5.69 Å². The van der Waals surface area contributed by atoms with Crippen molar-refractivity contribution in [3.63, 3.8) is 0 Å². The quantitative estimate of drug-likeness (QED) is 0.670. The molecule has 0 aromatic heterocycles. The molecule has 2 rings (SSSR count). The Morgan fingerprint density at radius 3 is 2.67 bits per heavy atom. The van der Waals surface area contributed by atoms with Crippen LogP contribution < -0.4 is 14.8 Å². The molecule has 1 aromatic carbocycles. The summed E-state index contributed by atoms with van der Waals surface area (Å²) < 4.78 is 10.9. The lowest BCUT2D eigenvalue weighted by Crippen LogP contribution is -2.34. The van der Waals surface area contributed by atoms with Crippen molar-refractivity contribution in [2.45, 2.75) is 26.2 Å². The van der Waals surface area contributed by atoms with Crippen LogP contribution in [0.1, 0.15) is 26.2 Å². The van der Waals surface area contributed by atoms with Crippen LogP contribution in [-0.2, 0) is 9.59 Å². The van der Waals surface area contributed by atoms with Gasteiger partial charge in [-0.05, 0) is 38.1 Å². The van der Waals surface area contributed by atoms with Crippen LogP contribution >= 0.6 is 0 Å². The highest BCUT2D eigenvalue weighted by Gasteiger charge is 2.14. The van der Waals surface area contributed by atoms with E-state index in [1.165, 1.54) is 0 Å². The number of amides is 1. The maximum absolute atomic E-state index is 12.2. The predicted molar refractivity (Wildman–Crippen MR) is 89.7 cm³/mol. The molecule has 1 heterocycles. The van der Waals surface area contributed by atoms with Gasteiger partial charge in [-0.3, -0.25) is 14.5 Å². The smallest absolute Gasteiger partial charge is 0.303 e. The number of nitrogens with zero attached hydrogens (tertiary/aromatic N) is 1. The lowest BCUT2D eigenvalue weighted by atomic mass is 10.2. The molecule has 0 unspecified atom stereocenters. The molecule has 0 fully saturated rings. The number of ether oxygens (including phenoxy) is 2. The van der Waals surface area contributed by atoms with Gasteiger partial charge in [-0.25, -0.2) is 0 Å². The summed E-state index contributed by atoms with van der Waals surface area (Å²) in [5.74, 6) is 0.439. The summed E-state index contributed by atoms with van der Waals surface area (Å²) in [6.45, 7) is 4.74. The first-order chi connectivity index (χ1) is 11.6. The highest BCUT2D eigenvalue weighted by atomic mass is 16.6. The summed E-state index contributed by atoms with van der Waals surface area (Å²) >= 11 is 0. The normalized spacial score (nSPS) is 12.9. The monoisotopic (exact) mass is 336 g/mol. The first-order valence-electron chi connectivity index (χ1n) is 8.22. The molecule has 1 aromatic rings. The standard InChI is InChI=1S/C17H24N2O5/c1-2-19(8-4-3-5-17(21)22)12-16(20)18-13-6-7-14-15(11-13)24-10-9-23-14/h6-7,11H,2-5,8-10,12H2,1H3,(H,18,20)(H,21,22). The van der Waals surface area contributed by atoms with Crippen LogP contribution in [-0.4, -0.2) is 54.7 Å². The molecule has 1 amide bonds. The number of carbonyl (C=O) groups is 2. The van der Waals surface area contributed by atoms with E-state index >= 15 is 0 Å². The Morgan fingerprint density at radius 1 is 1.21 bits per heavy atom. The molecule has 7 heteroatoms. The van der Waals surface area contributed by atoms with Gasteiger partial charge in [0.2, 0.25) is 5.91 Å². The topological polar surface area (TPSA) is 88.1 Å². The van der Waals surface area contributed by atoms with Crippen molar-refractivity contribution in [1.82, 2.24) is 4.90 Å². The molecule has 24 heavy (non-hydrogen) atoms. The minimum atomic E-state index is -0.783. The third kappa shape index (κ3) is 5.73. The van der Waals surface area contributed by atoms with E-state index in [1.54, 1.807) is 18.2 Å². The number of hydrogen-bond acceptors (Lipinski definition) is 5. The fourth-order valence-corrected chi connectivity index (χ4v) is 2.49. The third-order valence-corrected chi connectivity index (χ3v) is 3.76. The van der Waals surface area contributed by atoms with Crippen LogP contribution in [0, 0.1) is 0 Å². The fourth-order valence-electron chi connectivity index (χ4n) is 2.49. The van der Waals surface area contributed by atoms with Crippen LogP contribution in [0.2, 0.25) is 0 Å². The van der Waals surface area contributed by atoms with E-state index < -0.39 is 5.97 Å². The molecule has 1 aliphatic heterocycles. The molecule has 1 aliphatic rings. The maximum atomic E-state index is 12.2. The van der Waals surface area contributed by atoms with Crippen molar-refractivity contribution in [2.75, 3.05) is 38.2 Å². The van der Waals surface area contributed by atoms with E-state index in [1.807, 2.05) is 11.8 Å². The van der Waals surface area contributed by atoms with Gasteiger partial charge in [-0.1, -0.05) is 6.92 Å². The Morgan fingerprint density at radius 2 is 1.96 bits per heavy atom. The molecule has 2 N–H and O–H groups in total. The fraction of sp³-hybridized carbons (Fsp3) is 0.529. The number of aliphatic carboxylic acids is 1. The molecule has 0 spiro atoms. The first-order valence-corrected chi connectivity index (χ1v) is 8.22. The van der Waals surface area contributed by atoms with E-state index in [4.69, 9.17) is 14.6 Å². The van der Waals surface area contributed by atoms with Gasteiger partial charge in [0, 0.05) is 18.2 Å². The van der Waals surface area contributed by atoms with Crippen LogP contribution in [0.3, 0.4) is 0 Å². The number of carbonyl (C=O) groups excluding carboxylic acids is 1. The van der Waals surface area contributed by atoms with E-state index in [-0.39, 0.29) is 18.9 Å². The second-order valence-electron chi connectivity index (χ2n) is 5.63. The van der Waals surface area contributed by atoms with Crippen molar-refractivity contribution in [1.29, 1.82) is 0 Å². The molecule has 0 saturated carbocycles. The van der Waals surface area contributed by atoms with E-state index in [2.05, 4.69) is 5.32 Å². The van der Waals surface area contributed by atoms with Gasteiger partial charge < -0.3 is 19.9 Å². The third-order valence-electron chi connectivity index (χ3n) is 3.76.